The standard InChI is InChI=1S/C14H20N4OS.2ClH/c1-4-9-8(2)20-14-12(9)13(16-7-17-14)18-10-5-15-6-11(10)19-3;;/h7,10-11,15H,4-6H2,1-3H3,(H,16,17,18);2*1H/t10-,11-;;/m0../s1. The van der Waals surface area contributed by atoms with E-state index < -0.39 is 0 Å². The third-order valence-corrected chi connectivity index (χ3v) is 4.98. The summed E-state index contributed by atoms with van der Waals surface area (Å²) in [5.41, 5.74) is 1.35. The monoisotopic (exact) mass is 364 g/mol. The highest BCUT2D eigenvalue weighted by Gasteiger charge is 2.28. The summed E-state index contributed by atoms with van der Waals surface area (Å²) in [6, 6.07) is 0.253. The Hall–Kier alpha value is -0.660. The average Bonchev–Trinajstić information content (AvgIpc) is 3.02. The van der Waals surface area contributed by atoms with Crippen LogP contribution in [0.3, 0.4) is 0 Å². The van der Waals surface area contributed by atoms with Gasteiger partial charge in [-0.3, -0.25) is 0 Å². The second kappa shape index (κ2) is 8.26. The molecule has 0 aliphatic carbocycles. The van der Waals surface area contributed by atoms with Gasteiger partial charge >= 0.3 is 0 Å². The quantitative estimate of drug-likeness (QED) is 0.873. The normalized spacial score (nSPS) is 20.5. The Balaban J connectivity index is 0.00000121. The average molecular weight is 365 g/mol. The molecule has 1 fully saturated rings. The first kappa shape index (κ1) is 19.4. The SMILES string of the molecule is CCc1c(C)sc2ncnc(N[C@H]3CNC[C@@H]3OC)c12.Cl.Cl. The number of nitrogens with one attached hydrogen (secondary N) is 2. The van der Waals surface area contributed by atoms with Gasteiger partial charge in [0.15, 0.2) is 0 Å². The molecule has 1 aliphatic heterocycles. The first-order chi connectivity index (χ1) is 9.74. The number of halogens is 2. The van der Waals surface area contributed by atoms with E-state index in [4.69, 9.17) is 4.74 Å². The summed E-state index contributed by atoms with van der Waals surface area (Å²) < 4.78 is 5.50. The van der Waals surface area contributed by atoms with Crippen LogP contribution in [-0.4, -0.2) is 42.3 Å². The first-order valence-electron chi connectivity index (χ1n) is 6.97. The van der Waals surface area contributed by atoms with Gasteiger partial charge in [0.1, 0.15) is 17.0 Å². The maximum atomic E-state index is 5.50. The Bertz CT molecular complexity index is 622. The number of aryl methyl sites for hydroxylation is 2. The van der Waals surface area contributed by atoms with Crippen LogP contribution in [-0.2, 0) is 11.2 Å². The molecule has 2 N–H and O–H groups in total. The maximum Gasteiger partial charge on any atom is 0.138 e. The summed E-state index contributed by atoms with van der Waals surface area (Å²) in [6.45, 7) is 6.12. The Labute approximate surface area is 147 Å². The number of anilines is 1. The number of rotatable bonds is 4. The van der Waals surface area contributed by atoms with Crippen molar-refractivity contribution >= 4 is 52.2 Å². The molecule has 0 aromatic carbocycles. The molecular weight excluding hydrogens is 343 g/mol. The molecule has 22 heavy (non-hydrogen) atoms. The minimum atomic E-state index is 0. The van der Waals surface area contributed by atoms with Gasteiger partial charge in [-0.05, 0) is 18.9 Å². The number of ether oxygens (including phenoxy) is 1. The first-order valence-corrected chi connectivity index (χ1v) is 7.79. The Morgan fingerprint density at radius 1 is 1.36 bits per heavy atom. The highest BCUT2D eigenvalue weighted by atomic mass is 35.5. The molecule has 0 spiro atoms. The van der Waals surface area contributed by atoms with Crippen LogP contribution >= 0.6 is 36.2 Å². The van der Waals surface area contributed by atoms with Crippen molar-refractivity contribution in [1.82, 2.24) is 15.3 Å². The molecule has 2 aromatic heterocycles. The van der Waals surface area contributed by atoms with E-state index in [1.165, 1.54) is 15.8 Å². The van der Waals surface area contributed by atoms with E-state index in [0.29, 0.717) is 0 Å². The lowest BCUT2D eigenvalue weighted by molar-refractivity contribution is 0.111. The van der Waals surface area contributed by atoms with Gasteiger partial charge in [0, 0.05) is 25.1 Å². The van der Waals surface area contributed by atoms with Crippen molar-refractivity contribution in [2.24, 2.45) is 0 Å². The van der Waals surface area contributed by atoms with E-state index in [2.05, 4.69) is 34.4 Å². The summed E-state index contributed by atoms with van der Waals surface area (Å²) in [6.07, 6.45) is 2.83. The fourth-order valence-electron chi connectivity index (χ4n) is 2.86. The van der Waals surface area contributed by atoms with Gasteiger partial charge in [0.05, 0.1) is 17.5 Å². The van der Waals surface area contributed by atoms with Gasteiger partial charge in [0.2, 0.25) is 0 Å². The van der Waals surface area contributed by atoms with Crippen LogP contribution in [0.25, 0.3) is 10.2 Å². The lowest BCUT2D eigenvalue weighted by atomic mass is 10.1. The van der Waals surface area contributed by atoms with Gasteiger partial charge in [-0.2, -0.15) is 0 Å². The number of fused-ring (bicyclic) bond motifs is 1. The lowest BCUT2D eigenvalue weighted by Crippen LogP contribution is -2.33. The smallest absolute Gasteiger partial charge is 0.138 e. The van der Waals surface area contributed by atoms with Gasteiger partial charge in [-0.15, -0.1) is 36.2 Å². The number of hydrogen-bond acceptors (Lipinski definition) is 6. The van der Waals surface area contributed by atoms with E-state index in [0.717, 1.165) is 30.2 Å². The molecule has 0 amide bonds. The molecule has 2 aromatic rings. The minimum Gasteiger partial charge on any atom is -0.378 e. The van der Waals surface area contributed by atoms with Gasteiger partial charge < -0.3 is 15.4 Å². The topological polar surface area (TPSA) is 59.1 Å². The lowest BCUT2D eigenvalue weighted by Gasteiger charge is -2.19. The molecule has 8 heteroatoms. The molecule has 3 heterocycles. The molecule has 5 nitrogen and oxygen atoms in total. The maximum absolute atomic E-state index is 5.50. The van der Waals surface area contributed by atoms with Crippen molar-refractivity contribution in [2.45, 2.75) is 32.4 Å². The number of thiophene rings is 1. The molecule has 3 rings (SSSR count). The van der Waals surface area contributed by atoms with E-state index in [9.17, 15) is 0 Å². The molecule has 124 valence electrons. The van der Waals surface area contributed by atoms with E-state index in [1.807, 2.05) is 0 Å². The second-order valence-electron chi connectivity index (χ2n) is 5.08. The fraction of sp³-hybridized carbons (Fsp3) is 0.571. The van der Waals surface area contributed by atoms with Crippen molar-refractivity contribution in [1.29, 1.82) is 0 Å². The van der Waals surface area contributed by atoms with Crippen molar-refractivity contribution in [2.75, 3.05) is 25.5 Å². The van der Waals surface area contributed by atoms with Crippen LogP contribution in [0.2, 0.25) is 0 Å². The number of aromatic nitrogens is 2. The van der Waals surface area contributed by atoms with Crippen LogP contribution in [0.15, 0.2) is 6.33 Å². The summed E-state index contributed by atoms with van der Waals surface area (Å²) in [7, 11) is 1.76. The van der Waals surface area contributed by atoms with Gasteiger partial charge in [-0.25, -0.2) is 9.97 Å². The zero-order valence-corrected chi connectivity index (χ0v) is 15.3. The highest BCUT2D eigenvalue weighted by molar-refractivity contribution is 7.18. The molecule has 1 saturated heterocycles. The third-order valence-electron chi connectivity index (χ3n) is 3.93. The molecule has 0 saturated carbocycles. The predicted molar refractivity (Wildman–Crippen MR) is 97.1 cm³/mol. The summed E-state index contributed by atoms with van der Waals surface area (Å²) in [5.74, 6) is 0.937. The van der Waals surface area contributed by atoms with Crippen molar-refractivity contribution < 1.29 is 4.74 Å². The third kappa shape index (κ3) is 3.46. The highest BCUT2D eigenvalue weighted by Crippen LogP contribution is 2.34. The minimum absolute atomic E-state index is 0. The number of hydrogen-bond donors (Lipinski definition) is 2. The van der Waals surface area contributed by atoms with Crippen LogP contribution < -0.4 is 10.6 Å². The van der Waals surface area contributed by atoms with Crippen molar-refractivity contribution in [3.05, 3.63) is 16.8 Å². The largest absolute Gasteiger partial charge is 0.378 e. The molecule has 2 atom stereocenters. The molecule has 0 radical (unpaired) electrons. The Morgan fingerprint density at radius 2 is 2.14 bits per heavy atom. The van der Waals surface area contributed by atoms with Crippen LogP contribution in [0.5, 0.6) is 0 Å². The Morgan fingerprint density at radius 3 is 2.82 bits per heavy atom. The fourth-order valence-corrected chi connectivity index (χ4v) is 3.94. The summed E-state index contributed by atoms with van der Waals surface area (Å²) in [4.78, 5) is 11.3. The second-order valence-corrected chi connectivity index (χ2v) is 6.28. The molecule has 0 unspecified atom stereocenters. The summed E-state index contributed by atoms with van der Waals surface area (Å²) >= 11 is 1.74. The van der Waals surface area contributed by atoms with Crippen molar-refractivity contribution in [3.8, 4) is 0 Å². The molecule has 1 aliphatic rings. The van der Waals surface area contributed by atoms with Crippen LogP contribution in [0.4, 0.5) is 5.82 Å². The molecular formula is C14H22Cl2N4OS. The zero-order valence-electron chi connectivity index (χ0n) is 12.9. The number of nitrogens with zero attached hydrogens (tertiary/aromatic N) is 2. The van der Waals surface area contributed by atoms with E-state index in [1.54, 1.807) is 24.8 Å². The zero-order chi connectivity index (χ0) is 14.1. The number of methoxy groups -OCH3 is 1. The summed E-state index contributed by atoms with van der Waals surface area (Å²) in [5, 5.41) is 8.07. The predicted octanol–water partition coefficient (Wildman–Crippen LogP) is 2.80. The Kier molecular flexibility index (Phi) is 7.28. The van der Waals surface area contributed by atoms with Crippen molar-refractivity contribution in [3.63, 3.8) is 0 Å². The van der Waals surface area contributed by atoms with Crippen LogP contribution in [0.1, 0.15) is 17.4 Å². The van der Waals surface area contributed by atoms with Gasteiger partial charge in [0.25, 0.3) is 0 Å². The molecule has 0 bridgehead atoms. The van der Waals surface area contributed by atoms with E-state index in [-0.39, 0.29) is 37.0 Å². The van der Waals surface area contributed by atoms with Gasteiger partial charge in [-0.1, -0.05) is 6.92 Å². The van der Waals surface area contributed by atoms with E-state index >= 15 is 0 Å². The van der Waals surface area contributed by atoms with Crippen LogP contribution in [0, 0.1) is 6.92 Å².